The Labute approximate surface area is 118 Å². The molecule has 0 amide bonds. The van der Waals surface area contributed by atoms with E-state index in [1.807, 2.05) is 24.4 Å². The molecule has 1 N–H and O–H groups in total. The lowest BCUT2D eigenvalue weighted by atomic mass is 10.2. The van der Waals surface area contributed by atoms with Crippen LogP contribution in [0.5, 0.6) is 5.75 Å². The number of aromatic nitrogens is 1. The smallest absolute Gasteiger partial charge is 0.123 e. The maximum atomic E-state index is 5.24. The third-order valence-corrected chi connectivity index (χ3v) is 3.92. The highest BCUT2D eigenvalue weighted by Crippen LogP contribution is 2.27. The van der Waals surface area contributed by atoms with Crippen LogP contribution in [0.1, 0.15) is 24.6 Å². The number of unbranched alkanes of at least 4 members (excludes halogenated alkanes) is 1. The van der Waals surface area contributed by atoms with Gasteiger partial charge >= 0.3 is 0 Å². The van der Waals surface area contributed by atoms with Gasteiger partial charge in [0.25, 0.3) is 0 Å². The first-order valence-electron chi connectivity index (χ1n) is 6.63. The van der Waals surface area contributed by atoms with E-state index >= 15 is 0 Å². The molecule has 2 rings (SSSR count). The van der Waals surface area contributed by atoms with Gasteiger partial charge in [-0.1, -0.05) is 25.5 Å². The van der Waals surface area contributed by atoms with E-state index in [4.69, 9.17) is 4.74 Å². The highest BCUT2D eigenvalue weighted by molar-refractivity contribution is 7.15. The average molecular weight is 276 g/mol. The zero-order chi connectivity index (χ0) is 13.5. The normalized spacial score (nSPS) is 10.6. The molecule has 19 heavy (non-hydrogen) atoms. The van der Waals surface area contributed by atoms with Gasteiger partial charge < -0.3 is 10.1 Å². The van der Waals surface area contributed by atoms with Crippen molar-refractivity contribution in [3.05, 3.63) is 35.3 Å². The number of ether oxygens (including phenoxy) is 1. The molecule has 4 heteroatoms. The van der Waals surface area contributed by atoms with Crippen LogP contribution in [0.2, 0.25) is 0 Å². The summed E-state index contributed by atoms with van der Waals surface area (Å²) in [5.41, 5.74) is 1.11. The van der Waals surface area contributed by atoms with Crippen molar-refractivity contribution in [2.24, 2.45) is 0 Å². The average Bonchev–Trinajstić information content (AvgIpc) is 2.92. The summed E-state index contributed by atoms with van der Waals surface area (Å²) in [6.07, 6.45) is 4.41. The van der Waals surface area contributed by atoms with Gasteiger partial charge in [0.2, 0.25) is 0 Å². The molecule has 1 heterocycles. The second kappa shape index (κ2) is 7.26. The van der Waals surface area contributed by atoms with Gasteiger partial charge in [0.15, 0.2) is 0 Å². The summed E-state index contributed by atoms with van der Waals surface area (Å²) in [6.45, 7) is 4.18. The van der Waals surface area contributed by atoms with Crippen LogP contribution in [0.15, 0.2) is 30.5 Å². The summed E-state index contributed by atoms with van der Waals surface area (Å²) in [7, 11) is 1.68. The van der Waals surface area contributed by atoms with Crippen molar-refractivity contribution < 1.29 is 4.74 Å². The van der Waals surface area contributed by atoms with Crippen LogP contribution in [0, 0.1) is 0 Å². The highest BCUT2D eigenvalue weighted by atomic mass is 32.1. The zero-order valence-corrected chi connectivity index (χ0v) is 12.3. The molecule has 0 bridgehead atoms. The second-order valence-electron chi connectivity index (χ2n) is 4.39. The summed E-state index contributed by atoms with van der Waals surface area (Å²) in [5.74, 6) is 0.871. The van der Waals surface area contributed by atoms with Crippen LogP contribution in [-0.2, 0) is 6.54 Å². The third-order valence-electron chi connectivity index (χ3n) is 2.88. The Morgan fingerprint density at radius 3 is 3.05 bits per heavy atom. The van der Waals surface area contributed by atoms with E-state index in [2.05, 4.69) is 23.3 Å². The Morgan fingerprint density at radius 2 is 2.26 bits per heavy atom. The van der Waals surface area contributed by atoms with Crippen LogP contribution >= 0.6 is 11.3 Å². The molecule has 0 atom stereocenters. The molecule has 0 unspecified atom stereocenters. The van der Waals surface area contributed by atoms with Crippen LogP contribution in [0.3, 0.4) is 0 Å². The topological polar surface area (TPSA) is 34.2 Å². The fraction of sp³-hybridized carbons (Fsp3) is 0.400. The van der Waals surface area contributed by atoms with E-state index in [1.165, 1.54) is 17.7 Å². The molecule has 0 aliphatic rings. The van der Waals surface area contributed by atoms with E-state index < -0.39 is 0 Å². The number of nitrogens with one attached hydrogen (secondary N) is 1. The number of hydrogen-bond acceptors (Lipinski definition) is 4. The van der Waals surface area contributed by atoms with Crippen LogP contribution in [0.4, 0.5) is 0 Å². The Kier molecular flexibility index (Phi) is 5.36. The molecule has 0 aliphatic carbocycles. The quantitative estimate of drug-likeness (QED) is 0.783. The van der Waals surface area contributed by atoms with Gasteiger partial charge in [-0.05, 0) is 25.1 Å². The van der Waals surface area contributed by atoms with Gasteiger partial charge in [-0.15, -0.1) is 11.3 Å². The van der Waals surface area contributed by atoms with E-state index in [-0.39, 0.29) is 0 Å². The van der Waals surface area contributed by atoms with Gasteiger partial charge in [-0.25, -0.2) is 4.98 Å². The lowest BCUT2D eigenvalue weighted by molar-refractivity contribution is 0.415. The second-order valence-corrected chi connectivity index (χ2v) is 5.51. The predicted molar refractivity (Wildman–Crippen MR) is 80.7 cm³/mol. The van der Waals surface area contributed by atoms with Crippen LogP contribution in [0.25, 0.3) is 10.6 Å². The number of methoxy groups -OCH3 is 1. The van der Waals surface area contributed by atoms with Crippen molar-refractivity contribution in [1.29, 1.82) is 0 Å². The first kappa shape index (κ1) is 14.0. The van der Waals surface area contributed by atoms with E-state index in [0.717, 1.165) is 29.4 Å². The van der Waals surface area contributed by atoms with E-state index in [0.29, 0.717) is 0 Å². The molecule has 1 aromatic carbocycles. The molecule has 0 saturated carbocycles. The summed E-state index contributed by atoms with van der Waals surface area (Å²) in [6, 6.07) is 8.03. The maximum Gasteiger partial charge on any atom is 0.123 e. The molecule has 1 aromatic heterocycles. The van der Waals surface area contributed by atoms with Crippen molar-refractivity contribution in [2.75, 3.05) is 13.7 Å². The monoisotopic (exact) mass is 276 g/mol. The third kappa shape index (κ3) is 4.04. The first-order chi connectivity index (χ1) is 9.33. The summed E-state index contributed by atoms with van der Waals surface area (Å²) >= 11 is 1.73. The largest absolute Gasteiger partial charge is 0.497 e. The van der Waals surface area contributed by atoms with Gasteiger partial charge in [-0.3, -0.25) is 0 Å². The van der Waals surface area contributed by atoms with Crippen LogP contribution < -0.4 is 10.1 Å². The van der Waals surface area contributed by atoms with Crippen molar-refractivity contribution in [3.8, 4) is 16.3 Å². The number of rotatable bonds is 7. The lowest BCUT2D eigenvalue weighted by Gasteiger charge is -2.01. The predicted octanol–water partition coefficient (Wildman–Crippen LogP) is 3.71. The van der Waals surface area contributed by atoms with E-state index in [1.54, 1.807) is 18.4 Å². The molecule has 0 fully saturated rings. The minimum Gasteiger partial charge on any atom is -0.497 e. The number of benzene rings is 1. The molecule has 0 aliphatic heterocycles. The zero-order valence-electron chi connectivity index (χ0n) is 11.5. The van der Waals surface area contributed by atoms with Crippen molar-refractivity contribution in [2.45, 2.75) is 26.3 Å². The molecule has 102 valence electrons. The lowest BCUT2D eigenvalue weighted by Crippen LogP contribution is -2.13. The van der Waals surface area contributed by atoms with Crippen molar-refractivity contribution in [3.63, 3.8) is 0 Å². The summed E-state index contributed by atoms with van der Waals surface area (Å²) in [5, 5.41) is 4.48. The van der Waals surface area contributed by atoms with E-state index in [9.17, 15) is 0 Å². The summed E-state index contributed by atoms with van der Waals surface area (Å²) in [4.78, 5) is 5.76. The van der Waals surface area contributed by atoms with Gasteiger partial charge in [0, 0.05) is 23.2 Å². The van der Waals surface area contributed by atoms with Crippen molar-refractivity contribution in [1.82, 2.24) is 10.3 Å². The minimum absolute atomic E-state index is 0.871. The molecule has 3 nitrogen and oxygen atoms in total. The molecule has 0 radical (unpaired) electrons. The Balaban J connectivity index is 1.99. The molecule has 0 spiro atoms. The summed E-state index contributed by atoms with van der Waals surface area (Å²) < 4.78 is 5.24. The SMILES string of the molecule is CCCCNCc1cnc(-c2cccc(OC)c2)s1. The van der Waals surface area contributed by atoms with Gasteiger partial charge in [0.05, 0.1) is 7.11 Å². The number of thiazole rings is 1. The number of nitrogens with zero attached hydrogens (tertiary/aromatic N) is 1. The molecule has 0 saturated heterocycles. The maximum absolute atomic E-state index is 5.24. The fourth-order valence-electron chi connectivity index (χ4n) is 1.79. The van der Waals surface area contributed by atoms with Crippen molar-refractivity contribution >= 4 is 11.3 Å². The van der Waals surface area contributed by atoms with Crippen LogP contribution in [-0.4, -0.2) is 18.6 Å². The highest BCUT2D eigenvalue weighted by Gasteiger charge is 2.05. The first-order valence-corrected chi connectivity index (χ1v) is 7.45. The Bertz CT molecular complexity index is 510. The molecule has 2 aromatic rings. The Morgan fingerprint density at radius 1 is 1.37 bits per heavy atom. The standard InChI is InChI=1S/C15H20N2OS/c1-3-4-8-16-10-14-11-17-15(19-14)12-6-5-7-13(9-12)18-2/h5-7,9,11,16H,3-4,8,10H2,1-2H3. The number of hydrogen-bond donors (Lipinski definition) is 1. The van der Waals surface area contributed by atoms with Gasteiger partial charge in [0.1, 0.15) is 10.8 Å². The molecular formula is C15H20N2OS. The molecular weight excluding hydrogens is 256 g/mol. The minimum atomic E-state index is 0.871. The Hall–Kier alpha value is -1.39. The fourth-order valence-corrected chi connectivity index (χ4v) is 2.67. The van der Waals surface area contributed by atoms with Gasteiger partial charge in [-0.2, -0.15) is 0 Å².